The van der Waals surface area contributed by atoms with E-state index in [0.717, 1.165) is 5.41 Å². The molecule has 0 bridgehead atoms. The van der Waals surface area contributed by atoms with Crippen molar-refractivity contribution in [3.8, 4) is 0 Å². The lowest BCUT2D eigenvalue weighted by molar-refractivity contribution is 0.249. The molecule has 0 saturated carbocycles. The lowest BCUT2D eigenvalue weighted by Gasteiger charge is -2.03. The van der Waals surface area contributed by atoms with Gasteiger partial charge in [0.25, 0.3) is 0 Å². The molecule has 0 fully saturated rings. The van der Waals surface area contributed by atoms with Crippen molar-refractivity contribution < 1.29 is 13.5 Å². The molecular weight excluding hydrogens is 152 g/mol. The fourth-order valence-electron chi connectivity index (χ4n) is 0.517. The molecule has 0 heterocycles. The van der Waals surface area contributed by atoms with Crippen molar-refractivity contribution in [2.75, 3.05) is 12.4 Å². The van der Waals surface area contributed by atoms with Crippen molar-refractivity contribution >= 4 is 9.84 Å². The molecule has 1 N–H and O–H groups in total. The van der Waals surface area contributed by atoms with Crippen LogP contribution in [0.25, 0.3) is 0 Å². The summed E-state index contributed by atoms with van der Waals surface area (Å²) in [6.07, 6.45) is 0. The molecule has 0 aromatic heterocycles. The number of rotatable bonds is 4. The quantitative estimate of drug-likeness (QED) is 0.644. The van der Waals surface area contributed by atoms with Gasteiger partial charge in [-0.15, -0.1) is 0 Å². The predicted molar refractivity (Wildman–Crippen MR) is 40.2 cm³/mol. The lowest BCUT2D eigenvalue weighted by atomic mass is 10.2. The van der Waals surface area contributed by atoms with Crippen LogP contribution < -0.4 is 0 Å². The van der Waals surface area contributed by atoms with Gasteiger partial charge in [-0.25, -0.2) is 8.42 Å². The summed E-state index contributed by atoms with van der Waals surface area (Å²) in [7, 11) is -3.13. The van der Waals surface area contributed by atoms with Gasteiger partial charge in [0.2, 0.25) is 0 Å². The van der Waals surface area contributed by atoms with E-state index in [1.807, 2.05) is 0 Å². The summed E-state index contributed by atoms with van der Waals surface area (Å²) in [5.74, 6) is -0.226. The monoisotopic (exact) mass is 164 g/mol. The number of aliphatic hydroxyl groups excluding tert-OH is 1. The van der Waals surface area contributed by atoms with Gasteiger partial charge in [-0.1, -0.05) is 13.5 Å². The van der Waals surface area contributed by atoms with E-state index in [4.69, 9.17) is 5.11 Å². The van der Waals surface area contributed by atoms with Crippen LogP contribution in [0.3, 0.4) is 0 Å². The van der Waals surface area contributed by atoms with Crippen molar-refractivity contribution in [2.24, 2.45) is 5.92 Å². The molecule has 0 amide bonds. The Hall–Kier alpha value is -0.350. The molecule has 0 aliphatic rings. The molecule has 0 rings (SSSR count). The highest BCUT2D eigenvalue weighted by Crippen LogP contribution is 2.00. The molecule has 0 aromatic carbocycles. The van der Waals surface area contributed by atoms with Gasteiger partial charge in [0.15, 0.2) is 9.84 Å². The van der Waals surface area contributed by atoms with Gasteiger partial charge < -0.3 is 5.11 Å². The Morgan fingerprint density at radius 1 is 1.70 bits per heavy atom. The van der Waals surface area contributed by atoms with E-state index in [0.29, 0.717) is 0 Å². The van der Waals surface area contributed by atoms with Crippen molar-refractivity contribution in [1.29, 1.82) is 0 Å². The SMILES string of the molecule is C=CS(=O)(=O)CC(C)CO. The van der Waals surface area contributed by atoms with Crippen molar-refractivity contribution in [2.45, 2.75) is 6.92 Å². The molecule has 0 spiro atoms. The minimum absolute atomic E-state index is 0.0208. The molecule has 0 aromatic rings. The standard InChI is InChI=1S/C6H12O3S/c1-3-10(8,9)5-6(2)4-7/h3,6-7H,1,4-5H2,2H3. The smallest absolute Gasteiger partial charge is 0.171 e. The fourth-order valence-corrected chi connectivity index (χ4v) is 1.55. The second-order valence-electron chi connectivity index (χ2n) is 2.28. The summed E-state index contributed by atoms with van der Waals surface area (Å²) in [5.41, 5.74) is 0. The zero-order valence-electron chi connectivity index (χ0n) is 5.95. The fraction of sp³-hybridized carbons (Fsp3) is 0.667. The van der Waals surface area contributed by atoms with E-state index in [1.54, 1.807) is 6.92 Å². The van der Waals surface area contributed by atoms with Crippen molar-refractivity contribution in [3.63, 3.8) is 0 Å². The molecule has 1 unspecified atom stereocenters. The third-order valence-corrected chi connectivity index (χ3v) is 2.62. The van der Waals surface area contributed by atoms with Gasteiger partial charge >= 0.3 is 0 Å². The van der Waals surface area contributed by atoms with Gasteiger partial charge in [-0.3, -0.25) is 0 Å². The van der Waals surface area contributed by atoms with Crippen LogP contribution in [0.5, 0.6) is 0 Å². The second-order valence-corrected chi connectivity index (χ2v) is 4.28. The molecule has 10 heavy (non-hydrogen) atoms. The molecule has 0 aliphatic carbocycles. The topological polar surface area (TPSA) is 54.4 Å². The zero-order valence-corrected chi connectivity index (χ0v) is 6.76. The Balaban J connectivity index is 4.02. The average molecular weight is 164 g/mol. The van der Waals surface area contributed by atoms with Gasteiger partial charge in [0.1, 0.15) is 0 Å². The summed E-state index contributed by atoms with van der Waals surface area (Å²) in [6, 6.07) is 0. The van der Waals surface area contributed by atoms with Gasteiger partial charge in [0, 0.05) is 12.0 Å². The third-order valence-electron chi connectivity index (χ3n) is 1.08. The molecular formula is C6H12O3S. The Bertz CT molecular complexity index is 193. The number of aliphatic hydroxyl groups is 1. The summed E-state index contributed by atoms with van der Waals surface area (Å²) in [6.45, 7) is 4.71. The molecule has 4 heteroatoms. The van der Waals surface area contributed by atoms with Crippen molar-refractivity contribution in [3.05, 3.63) is 12.0 Å². The van der Waals surface area contributed by atoms with Gasteiger partial charge in [-0.2, -0.15) is 0 Å². The first-order chi connectivity index (χ1) is 4.52. The minimum Gasteiger partial charge on any atom is -0.396 e. The highest BCUT2D eigenvalue weighted by atomic mass is 32.2. The molecule has 0 saturated heterocycles. The van der Waals surface area contributed by atoms with Crippen LogP contribution in [0.4, 0.5) is 0 Å². The van der Waals surface area contributed by atoms with E-state index < -0.39 is 9.84 Å². The Morgan fingerprint density at radius 3 is 2.50 bits per heavy atom. The van der Waals surface area contributed by atoms with E-state index >= 15 is 0 Å². The average Bonchev–Trinajstić information content (AvgIpc) is 1.87. The van der Waals surface area contributed by atoms with Crippen molar-refractivity contribution in [1.82, 2.24) is 0 Å². The molecule has 0 aliphatic heterocycles. The summed E-state index contributed by atoms with van der Waals surface area (Å²) in [4.78, 5) is 0. The minimum atomic E-state index is -3.13. The predicted octanol–water partition coefficient (Wildman–Crippen LogP) is 0.173. The molecule has 3 nitrogen and oxygen atoms in total. The largest absolute Gasteiger partial charge is 0.396 e. The van der Waals surface area contributed by atoms with Crippen LogP contribution in [0.15, 0.2) is 12.0 Å². The van der Waals surface area contributed by atoms with Gasteiger partial charge in [-0.05, 0) is 5.92 Å². The Kier molecular flexibility index (Phi) is 3.60. The van der Waals surface area contributed by atoms with Gasteiger partial charge in [0.05, 0.1) is 5.75 Å². The van der Waals surface area contributed by atoms with Crippen LogP contribution >= 0.6 is 0 Å². The highest BCUT2D eigenvalue weighted by Gasteiger charge is 2.10. The second kappa shape index (κ2) is 3.73. The van der Waals surface area contributed by atoms with E-state index in [9.17, 15) is 8.42 Å². The summed E-state index contributed by atoms with van der Waals surface area (Å²) in [5, 5.41) is 9.41. The first-order valence-corrected chi connectivity index (χ1v) is 4.69. The maximum Gasteiger partial charge on any atom is 0.171 e. The van der Waals surface area contributed by atoms with Crippen LogP contribution in [0.1, 0.15) is 6.92 Å². The normalized spacial score (nSPS) is 14.6. The Morgan fingerprint density at radius 2 is 2.20 bits per heavy atom. The van der Waals surface area contributed by atoms with Crippen LogP contribution in [-0.4, -0.2) is 25.9 Å². The Labute approximate surface area is 61.3 Å². The maximum atomic E-state index is 10.7. The van der Waals surface area contributed by atoms with Crippen LogP contribution in [-0.2, 0) is 9.84 Å². The molecule has 0 radical (unpaired) electrons. The molecule has 60 valence electrons. The summed E-state index contributed by atoms with van der Waals surface area (Å²) >= 11 is 0. The first kappa shape index (κ1) is 9.65. The van der Waals surface area contributed by atoms with Crippen LogP contribution in [0.2, 0.25) is 0 Å². The van der Waals surface area contributed by atoms with E-state index in [-0.39, 0.29) is 18.3 Å². The first-order valence-electron chi connectivity index (χ1n) is 2.98. The zero-order chi connectivity index (χ0) is 8.20. The highest BCUT2D eigenvalue weighted by molar-refractivity contribution is 7.94. The number of hydrogen-bond acceptors (Lipinski definition) is 3. The lowest BCUT2D eigenvalue weighted by Crippen LogP contribution is -2.14. The number of hydrogen-bond donors (Lipinski definition) is 1. The molecule has 1 atom stereocenters. The van der Waals surface area contributed by atoms with Crippen LogP contribution in [0, 0.1) is 5.92 Å². The third kappa shape index (κ3) is 3.63. The number of sulfone groups is 1. The summed E-state index contributed by atoms with van der Waals surface area (Å²) < 4.78 is 21.5. The maximum absolute atomic E-state index is 10.7. The van der Waals surface area contributed by atoms with E-state index in [2.05, 4.69) is 6.58 Å². The van der Waals surface area contributed by atoms with E-state index in [1.165, 1.54) is 0 Å².